The molecule has 5 rings (SSSR count). The molecule has 1 saturated heterocycles. The van der Waals surface area contributed by atoms with Gasteiger partial charge in [-0.1, -0.05) is 55.1 Å². The standard InChI is InChI=1S/C30H25F4N5O5S/c1-2-15-42-25-6-4-3-5-24(25)39-26(40)17-45-28(39)36-29(41)43-16-23(31)19-7-9-20(10-8-19)27-35-18-38(37-27)21-11-13-22(14-12-21)44-30(32,33)34/h3-14,18,23H,2,15-17H2,1H3/b36-28-. The first-order valence-electron chi connectivity index (χ1n) is 13.6. The Bertz CT molecular complexity index is 1680. The van der Waals surface area contributed by atoms with Gasteiger partial charge >= 0.3 is 12.5 Å². The fourth-order valence-corrected chi connectivity index (χ4v) is 5.02. The van der Waals surface area contributed by atoms with Crippen molar-refractivity contribution < 1.29 is 41.4 Å². The predicted molar refractivity (Wildman–Crippen MR) is 158 cm³/mol. The number of hydrogen-bond donors (Lipinski definition) is 0. The van der Waals surface area contributed by atoms with Crippen LogP contribution in [-0.2, 0) is 9.53 Å². The van der Waals surface area contributed by atoms with Crippen molar-refractivity contribution in [3.63, 3.8) is 0 Å². The smallest absolute Gasteiger partial charge is 0.491 e. The van der Waals surface area contributed by atoms with Crippen LogP contribution in [0.5, 0.6) is 11.5 Å². The minimum absolute atomic E-state index is 0.0720. The lowest BCUT2D eigenvalue weighted by atomic mass is 10.1. The summed E-state index contributed by atoms with van der Waals surface area (Å²) in [6.07, 6.45) is -5.35. The molecule has 1 aromatic heterocycles. The molecule has 1 fully saturated rings. The molecule has 3 aromatic carbocycles. The summed E-state index contributed by atoms with van der Waals surface area (Å²) in [5.41, 5.74) is 1.68. The van der Waals surface area contributed by atoms with E-state index in [-0.39, 0.29) is 28.1 Å². The molecular formula is C30H25F4N5O5S. The molecule has 1 aliphatic rings. The zero-order valence-electron chi connectivity index (χ0n) is 23.6. The molecular weight excluding hydrogens is 618 g/mol. The molecule has 45 heavy (non-hydrogen) atoms. The number of halogens is 4. The SMILES string of the molecule is CCCOc1ccccc1N1C(=O)CS/C1=N\C(=O)OCC(F)c1ccc(-c2ncn(-c3ccc(OC(F)(F)F)cc3)n2)cc1. The van der Waals surface area contributed by atoms with Crippen molar-refractivity contribution in [1.29, 1.82) is 0 Å². The van der Waals surface area contributed by atoms with Crippen LogP contribution in [0.3, 0.4) is 0 Å². The Hall–Kier alpha value is -4.92. The third-order valence-corrected chi connectivity index (χ3v) is 7.15. The highest BCUT2D eigenvalue weighted by Gasteiger charge is 2.33. The Morgan fingerprint density at radius 3 is 2.51 bits per heavy atom. The molecule has 2 heterocycles. The average molecular weight is 644 g/mol. The molecule has 15 heteroatoms. The second kappa shape index (κ2) is 13.8. The summed E-state index contributed by atoms with van der Waals surface area (Å²) < 4.78 is 68.1. The summed E-state index contributed by atoms with van der Waals surface area (Å²) in [6, 6.07) is 18.2. The lowest BCUT2D eigenvalue weighted by Gasteiger charge is -2.19. The van der Waals surface area contributed by atoms with E-state index < -0.39 is 25.2 Å². The van der Waals surface area contributed by atoms with Gasteiger partial charge < -0.3 is 14.2 Å². The lowest BCUT2D eigenvalue weighted by molar-refractivity contribution is -0.274. The molecule has 0 bridgehead atoms. The van der Waals surface area contributed by atoms with E-state index in [1.54, 1.807) is 36.4 Å². The van der Waals surface area contributed by atoms with Crippen molar-refractivity contribution >= 4 is 34.6 Å². The maximum atomic E-state index is 15.0. The summed E-state index contributed by atoms with van der Waals surface area (Å²) in [5, 5.41) is 4.42. The molecule has 0 saturated carbocycles. The van der Waals surface area contributed by atoms with Crippen LogP contribution in [0.4, 0.5) is 28.0 Å². The number of thioether (sulfide) groups is 1. The normalized spacial score (nSPS) is 14.9. The van der Waals surface area contributed by atoms with Gasteiger partial charge in [-0.3, -0.25) is 9.69 Å². The average Bonchev–Trinajstić information content (AvgIpc) is 3.66. The molecule has 0 radical (unpaired) electrons. The highest BCUT2D eigenvalue weighted by Crippen LogP contribution is 2.34. The number of ether oxygens (including phenoxy) is 3. The minimum Gasteiger partial charge on any atom is -0.491 e. The second-order valence-electron chi connectivity index (χ2n) is 9.45. The van der Waals surface area contributed by atoms with E-state index in [0.717, 1.165) is 30.3 Å². The number of amidine groups is 1. The third kappa shape index (κ3) is 7.98. The minimum atomic E-state index is -4.79. The van der Waals surface area contributed by atoms with Crippen molar-refractivity contribution in [2.45, 2.75) is 25.9 Å². The van der Waals surface area contributed by atoms with Crippen LogP contribution in [0.15, 0.2) is 84.1 Å². The van der Waals surface area contributed by atoms with Gasteiger partial charge in [0.2, 0.25) is 5.91 Å². The molecule has 1 unspecified atom stereocenters. The summed E-state index contributed by atoms with van der Waals surface area (Å²) in [7, 11) is 0. The number of carbonyl (C=O) groups excluding carboxylic acids is 2. The van der Waals surface area contributed by atoms with Gasteiger partial charge in [-0.05, 0) is 48.4 Å². The van der Waals surface area contributed by atoms with E-state index in [9.17, 15) is 27.2 Å². The fraction of sp³-hybridized carbons (Fsp3) is 0.233. The number of hydrogen-bond acceptors (Lipinski definition) is 8. The van der Waals surface area contributed by atoms with Crippen LogP contribution < -0.4 is 14.4 Å². The number of nitrogens with zero attached hydrogens (tertiary/aromatic N) is 5. The predicted octanol–water partition coefficient (Wildman–Crippen LogP) is 6.90. The maximum absolute atomic E-state index is 15.0. The Morgan fingerprint density at radius 2 is 1.80 bits per heavy atom. The van der Waals surface area contributed by atoms with Gasteiger partial charge in [0.25, 0.3) is 0 Å². The molecule has 4 aromatic rings. The Morgan fingerprint density at radius 1 is 1.07 bits per heavy atom. The molecule has 234 valence electrons. The molecule has 0 N–H and O–H groups in total. The van der Waals surface area contributed by atoms with Crippen molar-refractivity contribution in [1.82, 2.24) is 14.8 Å². The first kappa shape index (κ1) is 31.5. The number of amides is 2. The number of carbonyl (C=O) groups is 2. The van der Waals surface area contributed by atoms with Crippen LogP contribution in [0.2, 0.25) is 0 Å². The van der Waals surface area contributed by atoms with E-state index in [1.165, 1.54) is 40.2 Å². The quantitative estimate of drug-likeness (QED) is 0.172. The topological polar surface area (TPSA) is 108 Å². The summed E-state index contributed by atoms with van der Waals surface area (Å²) in [6.45, 7) is 1.79. The third-order valence-electron chi connectivity index (χ3n) is 6.23. The zero-order chi connectivity index (χ0) is 32.0. The largest absolute Gasteiger partial charge is 0.573 e. The Balaban J connectivity index is 1.19. The van der Waals surface area contributed by atoms with Crippen LogP contribution in [-0.4, -0.2) is 57.3 Å². The first-order valence-corrected chi connectivity index (χ1v) is 14.5. The van der Waals surface area contributed by atoms with E-state index >= 15 is 0 Å². The van der Waals surface area contributed by atoms with Crippen molar-refractivity contribution in [3.8, 4) is 28.6 Å². The monoisotopic (exact) mass is 643 g/mol. The van der Waals surface area contributed by atoms with E-state index in [4.69, 9.17) is 9.47 Å². The second-order valence-corrected chi connectivity index (χ2v) is 10.4. The Kier molecular flexibility index (Phi) is 9.66. The van der Waals surface area contributed by atoms with Crippen LogP contribution in [0.25, 0.3) is 17.1 Å². The molecule has 10 nitrogen and oxygen atoms in total. The number of alkyl halides is 4. The van der Waals surface area contributed by atoms with E-state index in [0.29, 0.717) is 35.1 Å². The molecule has 2 amide bonds. The van der Waals surface area contributed by atoms with Gasteiger partial charge in [-0.25, -0.2) is 18.9 Å². The van der Waals surface area contributed by atoms with Crippen molar-refractivity contribution in [3.05, 3.63) is 84.7 Å². The number of anilines is 1. The maximum Gasteiger partial charge on any atom is 0.573 e. The van der Waals surface area contributed by atoms with Gasteiger partial charge in [-0.15, -0.1) is 18.3 Å². The number of para-hydroxylation sites is 2. The van der Waals surface area contributed by atoms with Gasteiger partial charge in [-0.2, -0.15) is 4.99 Å². The van der Waals surface area contributed by atoms with Crippen molar-refractivity contribution in [2.75, 3.05) is 23.9 Å². The number of rotatable bonds is 10. The first-order chi connectivity index (χ1) is 21.6. The fourth-order valence-electron chi connectivity index (χ4n) is 4.17. The summed E-state index contributed by atoms with van der Waals surface area (Å²) in [5.74, 6) is 0.191. The van der Waals surface area contributed by atoms with Gasteiger partial charge in [0, 0.05) is 5.56 Å². The lowest BCUT2D eigenvalue weighted by Crippen LogP contribution is -2.30. The summed E-state index contributed by atoms with van der Waals surface area (Å²) in [4.78, 5) is 34.5. The number of benzene rings is 3. The van der Waals surface area contributed by atoms with Gasteiger partial charge in [0.15, 0.2) is 17.2 Å². The van der Waals surface area contributed by atoms with Crippen LogP contribution in [0.1, 0.15) is 25.1 Å². The van der Waals surface area contributed by atoms with Gasteiger partial charge in [0.1, 0.15) is 24.4 Å². The van der Waals surface area contributed by atoms with Crippen molar-refractivity contribution in [2.24, 2.45) is 4.99 Å². The van der Waals surface area contributed by atoms with Crippen LogP contribution in [0, 0.1) is 0 Å². The molecule has 1 aliphatic heterocycles. The summed E-state index contributed by atoms with van der Waals surface area (Å²) >= 11 is 1.06. The number of aliphatic imine (C=N–C) groups is 1. The Labute approximate surface area is 258 Å². The molecule has 0 aliphatic carbocycles. The number of aromatic nitrogens is 3. The highest BCUT2D eigenvalue weighted by molar-refractivity contribution is 8.15. The zero-order valence-corrected chi connectivity index (χ0v) is 24.4. The molecule has 1 atom stereocenters. The van der Waals surface area contributed by atoms with E-state index in [1.807, 2.05) is 6.92 Å². The van der Waals surface area contributed by atoms with Crippen LogP contribution >= 0.6 is 11.8 Å². The molecule has 0 spiro atoms. The van der Waals surface area contributed by atoms with Gasteiger partial charge in [0.05, 0.1) is 23.7 Å². The van der Waals surface area contributed by atoms with E-state index in [2.05, 4.69) is 19.8 Å². The highest BCUT2D eigenvalue weighted by atomic mass is 32.2.